The molecule has 0 aliphatic carbocycles. The average Bonchev–Trinajstić information content (AvgIpc) is 2.55. The second-order valence-electron chi connectivity index (χ2n) is 8.31. The molecule has 1 amide bonds. The predicted octanol–water partition coefficient (Wildman–Crippen LogP) is 2.40. The maximum absolute atomic E-state index is 12.5. The van der Waals surface area contributed by atoms with E-state index in [0.29, 0.717) is 12.4 Å². The Morgan fingerprint density at radius 3 is 2.58 bits per heavy atom. The summed E-state index contributed by atoms with van der Waals surface area (Å²) in [6, 6.07) is 3.16. The largest absolute Gasteiger partial charge is 0.425 e. The van der Waals surface area contributed by atoms with Crippen molar-refractivity contribution in [3.63, 3.8) is 0 Å². The molecule has 6 nitrogen and oxygen atoms in total. The number of esters is 1. The van der Waals surface area contributed by atoms with Crippen LogP contribution in [0.15, 0.2) is 24.5 Å². The van der Waals surface area contributed by atoms with Gasteiger partial charge >= 0.3 is 5.97 Å². The van der Waals surface area contributed by atoms with E-state index in [4.69, 9.17) is 9.16 Å². The molecule has 0 bridgehead atoms. The van der Waals surface area contributed by atoms with Gasteiger partial charge in [0.1, 0.15) is 5.75 Å². The van der Waals surface area contributed by atoms with Gasteiger partial charge in [0.15, 0.2) is 9.04 Å². The van der Waals surface area contributed by atoms with Gasteiger partial charge in [0.25, 0.3) is 0 Å². The Balaban J connectivity index is 2.10. The quantitative estimate of drug-likeness (QED) is 0.448. The van der Waals surface area contributed by atoms with Crippen molar-refractivity contribution in [2.24, 2.45) is 23.2 Å². The number of nitrogens with zero attached hydrogens (tertiary/aromatic N) is 1. The molecule has 0 aromatic carbocycles. The zero-order chi connectivity index (χ0) is 19.5. The van der Waals surface area contributed by atoms with E-state index in [-0.39, 0.29) is 35.2 Å². The van der Waals surface area contributed by atoms with Crippen LogP contribution < -0.4 is 10.1 Å². The Hall–Kier alpha value is -1.73. The highest BCUT2D eigenvalue weighted by atomic mass is 28.3. The molecule has 0 unspecified atom stereocenters. The van der Waals surface area contributed by atoms with Crippen LogP contribution in [0.5, 0.6) is 5.75 Å². The third-order valence-corrected chi connectivity index (χ3v) is 5.78. The lowest BCUT2D eigenvalue weighted by Crippen LogP contribution is -2.66. The molecule has 1 aromatic rings. The topological polar surface area (TPSA) is 77.5 Å². The number of carbonyl (C=O) groups is 2. The summed E-state index contributed by atoms with van der Waals surface area (Å²) in [7, 11) is -1.19. The van der Waals surface area contributed by atoms with Gasteiger partial charge in [0, 0.05) is 12.8 Å². The van der Waals surface area contributed by atoms with Gasteiger partial charge in [-0.05, 0) is 43.5 Å². The number of pyridine rings is 1. The molecule has 1 saturated heterocycles. The number of rotatable bonds is 7. The van der Waals surface area contributed by atoms with Crippen molar-refractivity contribution in [1.29, 1.82) is 0 Å². The predicted molar refractivity (Wildman–Crippen MR) is 102 cm³/mol. The molecule has 0 radical (unpaired) electrons. The molecule has 2 rings (SSSR count). The maximum atomic E-state index is 12.5. The van der Waals surface area contributed by atoms with Gasteiger partial charge in [-0.2, -0.15) is 0 Å². The lowest BCUT2D eigenvalue weighted by Gasteiger charge is -2.48. The van der Waals surface area contributed by atoms with Crippen molar-refractivity contribution in [2.45, 2.75) is 46.8 Å². The summed E-state index contributed by atoms with van der Waals surface area (Å²) in [5.74, 6) is -0.610. The van der Waals surface area contributed by atoms with E-state index in [0.717, 1.165) is 0 Å². The van der Waals surface area contributed by atoms with Crippen molar-refractivity contribution >= 4 is 20.9 Å². The highest BCUT2D eigenvalue weighted by molar-refractivity contribution is 6.48. The molecule has 1 aliphatic rings. The number of aromatic nitrogens is 1. The fourth-order valence-electron chi connectivity index (χ4n) is 3.24. The minimum atomic E-state index is -1.19. The molecule has 1 N–H and O–H groups in total. The molecule has 144 valence electrons. The number of β-lactam (4-membered cyclic amide) rings is 1. The number of amides is 1. The number of ether oxygens (including phenoxy) is 1. The number of hydrogen-bond donors (Lipinski definition) is 1. The molecule has 7 heteroatoms. The SMILES string of the molecule is C[C@@H](C(=O)Oc1cccnc1)[C@H]1NC(=O)[C@H]1[C@@H](CO[SiH](C)C)C(C)(C)C. The van der Waals surface area contributed by atoms with Gasteiger partial charge in [0.05, 0.1) is 24.1 Å². The smallest absolute Gasteiger partial charge is 0.316 e. The van der Waals surface area contributed by atoms with Crippen LogP contribution in [-0.2, 0) is 14.0 Å². The van der Waals surface area contributed by atoms with Crippen LogP contribution in [0, 0.1) is 23.2 Å². The van der Waals surface area contributed by atoms with E-state index < -0.39 is 15.0 Å². The van der Waals surface area contributed by atoms with Gasteiger partial charge < -0.3 is 14.5 Å². The van der Waals surface area contributed by atoms with E-state index in [1.165, 1.54) is 6.20 Å². The van der Waals surface area contributed by atoms with Crippen LogP contribution in [0.4, 0.5) is 0 Å². The maximum Gasteiger partial charge on any atom is 0.316 e. The summed E-state index contributed by atoms with van der Waals surface area (Å²) in [5.41, 5.74) is -0.100. The van der Waals surface area contributed by atoms with Crippen LogP contribution >= 0.6 is 0 Å². The van der Waals surface area contributed by atoms with E-state index in [1.54, 1.807) is 25.3 Å². The van der Waals surface area contributed by atoms with Crippen molar-refractivity contribution in [1.82, 2.24) is 10.3 Å². The molecule has 1 aromatic heterocycles. The van der Waals surface area contributed by atoms with Crippen molar-refractivity contribution in [3.05, 3.63) is 24.5 Å². The number of hydrogen-bond acceptors (Lipinski definition) is 5. The lowest BCUT2D eigenvalue weighted by atomic mass is 9.65. The van der Waals surface area contributed by atoms with Crippen molar-refractivity contribution < 1.29 is 18.8 Å². The highest BCUT2D eigenvalue weighted by Crippen LogP contribution is 2.40. The van der Waals surface area contributed by atoms with Gasteiger partial charge in [-0.25, -0.2) is 0 Å². The summed E-state index contributed by atoms with van der Waals surface area (Å²) in [6.45, 7) is 12.9. The van der Waals surface area contributed by atoms with Crippen molar-refractivity contribution in [3.8, 4) is 5.75 Å². The van der Waals surface area contributed by atoms with Gasteiger partial charge in [-0.15, -0.1) is 0 Å². The fourth-order valence-corrected chi connectivity index (χ4v) is 3.83. The first-order valence-corrected chi connectivity index (χ1v) is 11.9. The highest BCUT2D eigenvalue weighted by Gasteiger charge is 2.52. The molecule has 26 heavy (non-hydrogen) atoms. The first-order valence-electron chi connectivity index (χ1n) is 9.15. The van der Waals surface area contributed by atoms with Crippen LogP contribution in [-0.4, -0.2) is 38.5 Å². The summed E-state index contributed by atoms with van der Waals surface area (Å²) >= 11 is 0. The monoisotopic (exact) mass is 378 g/mol. The minimum absolute atomic E-state index is 0.00928. The van der Waals surface area contributed by atoms with E-state index in [2.05, 4.69) is 44.2 Å². The van der Waals surface area contributed by atoms with E-state index in [9.17, 15) is 9.59 Å². The minimum Gasteiger partial charge on any atom is -0.425 e. The summed E-state index contributed by atoms with van der Waals surface area (Å²) in [6.07, 6.45) is 3.12. The Bertz CT molecular complexity index is 630. The van der Waals surface area contributed by atoms with Crippen LogP contribution in [0.2, 0.25) is 13.1 Å². The molecule has 1 aliphatic heterocycles. The number of carbonyl (C=O) groups excluding carboxylic acids is 2. The standard InChI is InChI=1S/C19H30N2O4Si/c1-12(18(23)25-13-8-7-9-20-10-13)16-15(17(22)21-16)14(19(2,3)4)11-24-26(5)6/h7-10,12,14-16,26H,11H2,1-6H3,(H,21,22)/t12-,14-,15+,16-/m1/s1. The molecular weight excluding hydrogens is 348 g/mol. The Morgan fingerprint density at radius 2 is 2.08 bits per heavy atom. The first-order chi connectivity index (χ1) is 12.1. The Labute approximate surface area is 157 Å². The third kappa shape index (κ3) is 4.91. The second-order valence-corrected chi connectivity index (χ2v) is 10.7. The molecule has 2 heterocycles. The molecular formula is C19H30N2O4Si. The van der Waals surface area contributed by atoms with Gasteiger partial charge in [-0.3, -0.25) is 14.6 Å². The normalized spacial score (nSPS) is 22.3. The Morgan fingerprint density at radius 1 is 1.38 bits per heavy atom. The van der Waals surface area contributed by atoms with Crippen LogP contribution in [0.1, 0.15) is 27.7 Å². The van der Waals surface area contributed by atoms with Crippen LogP contribution in [0.25, 0.3) is 0 Å². The van der Waals surface area contributed by atoms with E-state index >= 15 is 0 Å². The average molecular weight is 379 g/mol. The van der Waals surface area contributed by atoms with Gasteiger partial charge in [-0.1, -0.05) is 20.8 Å². The summed E-state index contributed by atoms with van der Waals surface area (Å²) in [4.78, 5) is 28.8. The zero-order valence-electron chi connectivity index (χ0n) is 16.5. The lowest BCUT2D eigenvalue weighted by molar-refractivity contribution is -0.151. The third-order valence-electron chi connectivity index (χ3n) is 4.92. The molecule has 0 saturated carbocycles. The first kappa shape index (κ1) is 20.6. The zero-order valence-corrected chi connectivity index (χ0v) is 17.6. The summed E-state index contributed by atoms with van der Waals surface area (Å²) in [5, 5.41) is 2.90. The van der Waals surface area contributed by atoms with E-state index in [1.807, 2.05) is 0 Å². The van der Waals surface area contributed by atoms with Crippen molar-refractivity contribution in [2.75, 3.05) is 6.61 Å². The Kier molecular flexibility index (Phi) is 6.57. The molecule has 4 atom stereocenters. The number of nitrogens with one attached hydrogen (secondary N) is 1. The van der Waals surface area contributed by atoms with Gasteiger partial charge in [0.2, 0.25) is 5.91 Å². The second kappa shape index (κ2) is 8.31. The van der Waals surface area contributed by atoms with Crippen LogP contribution in [0.3, 0.4) is 0 Å². The fraction of sp³-hybridized carbons (Fsp3) is 0.632. The molecule has 1 fully saturated rings. The summed E-state index contributed by atoms with van der Waals surface area (Å²) < 4.78 is 11.4. The molecule has 0 spiro atoms.